The fourth-order valence-electron chi connectivity index (χ4n) is 1.06. The van der Waals surface area contributed by atoms with Crippen molar-refractivity contribution in [3.8, 4) is 0 Å². The molecule has 1 aromatic heterocycles. The average molecular weight is 152 g/mol. The van der Waals surface area contributed by atoms with Crippen molar-refractivity contribution in [1.29, 1.82) is 0 Å². The van der Waals surface area contributed by atoms with E-state index in [1.807, 2.05) is 10.9 Å². The molecule has 0 aliphatic heterocycles. The van der Waals surface area contributed by atoms with E-state index >= 15 is 0 Å². The molecule has 0 spiro atoms. The van der Waals surface area contributed by atoms with Gasteiger partial charge in [-0.2, -0.15) is 5.10 Å². The zero-order valence-electron chi connectivity index (χ0n) is 7.54. The van der Waals surface area contributed by atoms with E-state index in [0.717, 1.165) is 13.0 Å². The molecule has 0 amide bonds. The minimum Gasteiger partial charge on any atom is -0.272 e. The van der Waals surface area contributed by atoms with Gasteiger partial charge in [-0.1, -0.05) is 20.8 Å². The highest BCUT2D eigenvalue weighted by molar-refractivity contribution is 5.02. The fourth-order valence-corrected chi connectivity index (χ4v) is 1.06. The van der Waals surface area contributed by atoms with E-state index < -0.39 is 0 Å². The van der Waals surface area contributed by atoms with Gasteiger partial charge in [0.05, 0.1) is 6.20 Å². The van der Waals surface area contributed by atoms with E-state index in [0.29, 0.717) is 5.92 Å². The monoisotopic (exact) mass is 152 g/mol. The summed E-state index contributed by atoms with van der Waals surface area (Å²) in [7, 11) is 0. The highest BCUT2D eigenvalue weighted by Gasteiger charge is 1.97. The average Bonchev–Trinajstić information content (AvgIpc) is 2.34. The first-order chi connectivity index (χ1) is 5.22. The normalized spacial score (nSPS) is 10.9. The molecular weight excluding hydrogens is 136 g/mol. The number of rotatable bonds is 3. The summed E-state index contributed by atoms with van der Waals surface area (Å²) in [5.41, 5.74) is 1.32. The molecule has 0 bridgehead atoms. The molecule has 11 heavy (non-hydrogen) atoms. The van der Waals surface area contributed by atoms with Crippen LogP contribution >= 0.6 is 0 Å². The van der Waals surface area contributed by atoms with Crippen LogP contribution in [0.5, 0.6) is 0 Å². The lowest BCUT2D eigenvalue weighted by Crippen LogP contribution is -2.04. The first-order valence-electron chi connectivity index (χ1n) is 4.23. The summed E-state index contributed by atoms with van der Waals surface area (Å²) in [5, 5.41) is 4.24. The first-order valence-corrected chi connectivity index (χ1v) is 4.23. The summed E-state index contributed by atoms with van der Waals surface area (Å²) in [6, 6.07) is 0. The van der Waals surface area contributed by atoms with Crippen LogP contribution in [0.25, 0.3) is 0 Å². The Morgan fingerprint density at radius 2 is 2.27 bits per heavy atom. The summed E-state index contributed by atoms with van der Waals surface area (Å²) in [6.07, 6.45) is 5.15. The molecule has 2 heteroatoms. The predicted molar refractivity (Wildman–Crippen MR) is 46.4 cm³/mol. The summed E-state index contributed by atoms with van der Waals surface area (Å²) in [4.78, 5) is 0. The number of hydrogen-bond acceptors (Lipinski definition) is 1. The third-order valence-electron chi connectivity index (χ3n) is 1.65. The number of aryl methyl sites for hydroxylation is 1. The molecule has 0 aliphatic carbocycles. The van der Waals surface area contributed by atoms with Gasteiger partial charge in [0.15, 0.2) is 0 Å². The molecule has 0 fully saturated rings. The maximum absolute atomic E-state index is 4.24. The van der Waals surface area contributed by atoms with E-state index in [2.05, 4.69) is 32.1 Å². The second-order valence-corrected chi connectivity index (χ2v) is 3.32. The van der Waals surface area contributed by atoms with Crippen LogP contribution in [0.15, 0.2) is 12.4 Å². The minimum absolute atomic E-state index is 0.680. The van der Waals surface area contributed by atoms with Crippen molar-refractivity contribution in [3.05, 3.63) is 18.0 Å². The Labute approximate surface area is 68.2 Å². The molecule has 1 rings (SSSR count). The van der Waals surface area contributed by atoms with Crippen molar-refractivity contribution in [2.75, 3.05) is 0 Å². The van der Waals surface area contributed by atoms with Crippen LogP contribution in [0.3, 0.4) is 0 Å². The Kier molecular flexibility index (Phi) is 2.69. The second-order valence-electron chi connectivity index (χ2n) is 3.32. The Morgan fingerprint density at radius 1 is 1.55 bits per heavy atom. The van der Waals surface area contributed by atoms with E-state index in [1.54, 1.807) is 0 Å². The SMILES string of the molecule is CCc1cnn(CC(C)C)c1. The smallest absolute Gasteiger partial charge is 0.0521 e. The Balaban J connectivity index is 2.58. The van der Waals surface area contributed by atoms with Crippen LogP contribution in [0.4, 0.5) is 0 Å². The molecule has 0 N–H and O–H groups in total. The second kappa shape index (κ2) is 3.56. The fraction of sp³-hybridized carbons (Fsp3) is 0.667. The lowest BCUT2D eigenvalue weighted by atomic mass is 10.2. The van der Waals surface area contributed by atoms with Gasteiger partial charge in [-0.3, -0.25) is 4.68 Å². The van der Waals surface area contributed by atoms with Gasteiger partial charge in [-0.05, 0) is 17.9 Å². The number of aromatic nitrogens is 2. The first kappa shape index (κ1) is 8.31. The van der Waals surface area contributed by atoms with Gasteiger partial charge in [-0.25, -0.2) is 0 Å². The van der Waals surface area contributed by atoms with Gasteiger partial charge in [0.1, 0.15) is 0 Å². The molecular formula is C9H16N2. The molecule has 0 atom stereocenters. The largest absolute Gasteiger partial charge is 0.272 e. The molecule has 0 aliphatic rings. The van der Waals surface area contributed by atoms with Crippen LogP contribution in [0.2, 0.25) is 0 Å². The van der Waals surface area contributed by atoms with Crippen LogP contribution in [0, 0.1) is 5.92 Å². The molecule has 1 heterocycles. The summed E-state index contributed by atoms with van der Waals surface area (Å²) in [6.45, 7) is 7.58. The van der Waals surface area contributed by atoms with Crippen LogP contribution in [0.1, 0.15) is 26.3 Å². The molecule has 0 saturated heterocycles. The van der Waals surface area contributed by atoms with Crippen molar-refractivity contribution in [3.63, 3.8) is 0 Å². The molecule has 0 saturated carbocycles. The van der Waals surface area contributed by atoms with Crippen LogP contribution < -0.4 is 0 Å². The lowest BCUT2D eigenvalue weighted by molar-refractivity contribution is 0.483. The van der Waals surface area contributed by atoms with Crippen molar-refractivity contribution in [1.82, 2.24) is 9.78 Å². The third kappa shape index (κ3) is 2.37. The molecule has 62 valence electrons. The van der Waals surface area contributed by atoms with E-state index in [4.69, 9.17) is 0 Å². The van der Waals surface area contributed by atoms with Crippen molar-refractivity contribution in [2.24, 2.45) is 5.92 Å². The van der Waals surface area contributed by atoms with Crippen molar-refractivity contribution in [2.45, 2.75) is 33.7 Å². The maximum Gasteiger partial charge on any atom is 0.0521 e. The van der Waals surface area contributed by atoms with Gasteiger partial charge in [0, 0.05) is 12.7 Å². The summed E-state index contributed by atoms with van der Waals surface area (Å²) >= 11 is 0. The Hall–Kier alpha value is -0.790. The standard InChI is InChI=1S/C9H16N2/c1-4-9-5-10-11(7-9)6-8(2)3/h5,7-8H,4,6H2,1-3H3. The molecule has 1 aromatic rings. The predicted octanol–water partition coefficient (Wildman–Crippen LogP) is 2.10. The van der Waals surface area contributed by atoms with E-state index in [1.165, 1.54) is 5.56 Å². The van der Waals surface area contributed by atoms with Crippen LogP contribution in [-0.2, 0) is 13.0 Å². The zero-order valence-corrected chi connectivity index (χ0v) is 7.54. The molecule has 0 unspecified atom stereocenters. The van der Waals surface area contributed by atoms with Gasteiger partial charge >= 0.3 is 0 Å². The highest BCUT2D eigenvalue weighted by atomic mass is 15.3. The lowest BCUT2D eigenvalue weighted by Gasteiger charge is -2.02. The van der Waals surface area contributed by atoms with Crippen molar-refractivity contribution < 1.29 is 0 Å². The van der Waals surface area contributed by atoms with Crippen molar-refractivity contribution >= 4 is 0 Å². The minimum atomic E-state index is 0.680. The van der Waals surface area contributed by atoms with Gasteiger partial charge in [-0.15, -0.1) is 0 Å². The summed E-state index contributed by atoms with van der Waals surface area (Å²) < 4.78 is 2.02. The maximum atomic E-state index is 4.24. The van der Waals surface area contributed by atoms with Crippen LogP contribution in [-0.4, -0.2) is 9.78 Å². The Bertz CT molecular complexity index is 213. The third-order valence-corrected chi connectivity index (χ3v) is 1.65. The topological polar surface area (TPSA) is 17.8 Å². The Morgan fingerprint density at radius 3 is 2.73 bits per heavy atom. The number of nitrogens with zero attached hydrogens (tertiary/aromatic N) is 2. The van der Waals surface area contributed by atoms with E-state index in [9.17, 15) is 0 Å². The van der Waals surface area contributed by atoms with E-state index in [-0.39, 0.29) is 0 Å². The zero-order chi connectivity index (χ0) is 8.27. The highest BCUT2D eigenvalue weighted by Crippen LogP contribution is 2.01. The molecule has 0 aromatic carbocycles. The summed E-state index contributed by atoms with van der Waals surface area (Å²) in [5.74, 6) is 0.680. The number of hydrogen-bond donors (Lipinski definition) is 0. The quantitative estimate of drug-likeness (QED) is 0.648. The van der Waals surface area contributed by atoms with Gasteiger partial charge < -0.3 is 0 Å². The van der Waals surface area contributed by atoms with Gasteiger partial charge in [0.2, 0.25) is 0 Å². The molecule has 0 radical (unpaired) electrons. The van der Waals surface area contributed by atoms with Gasteiger partial charge in [0.25, 0.3) is 0 Å². The molecule has 2 nitrogen and oxygen atoms in total.